The molecule has 2 saturated heterocycles. The summed E-state index contributed by atoms with van der Waals surface area (Å²) in [7, 11) is -4.13. The van der Waals surface area contributed by atoms with Crippen molar-refractivity contribution in [3.63, 3.8) is 0 Å². The topological polar surface area (TPSA) is 81.2 Å². The quantitative estimate of drug-likeness (QED) is 0.628. The molecule has 2 amide bonds. The molecule has 2 heterocycles. The van der Waals surface area contributed by atoms with Crippen molar-refractivity contribution in [1.82, 2.24) is 19.0 Å². The Kier molecular flexibility index (Phi) is 7.38. The van der Waals surface area contributed by atoms with Gasteiger partial charge < -0.3 is 9.80 Å². The SMILES string of the molecule is CC(=O)N1CCN(C(=O)CN2CCN(S(=O)(=O)c3ccc(Cl)c(C(F)(F)F)c3)CC2)CC1. The number of carbonyl (C=O) groups excluding carboxylic acids is 2. The Hall–Kier alpha value is -1.89. The molecule has 1 aromatic rings. The molecule has 0 unspecified atom stereocenters. The molecule has 0 spiro atoms. The highest BCUT2D eigenvalue weighted by atomic mass is 35.5. The maximum absolute atomic E-state index is 13.1. The number of sulfonamides is 1. The number of hydrogen-bond acceptors (Lipinski definition) is 5. The van der Waals surface area contributed by atoms with Gasteiger partial charge in [-0.3, -0.25) is 14.5 Å². The summed E-state index contributed by atoms with van der Waals surface area (Å²) in [6, 6.07) is 2.54. The fraction of sp³-hybridized carbons (Fsp3) is 0.579. The van der Waals surface area contributed by atoms with Crippen molar-refractivity contribution >= 4 is 33.4 Å². The lowest BCUT2D eigenvalue weighted by Crippen LogP contribution is -2.54. The molecule has 0 saturated carbocycles. The fourth-order valence-electron chi connectivity index (χ4n) is 3.72. The minimum Gasteiger partial charge on any atom is -0.339 e. The predicted molar refractivity (Wildman–Crippen MR) is 110 cm³/mol. The molecule has 32 heavy (non-hydrogen) atoms. The van der Waals surface area contributed by atoms with Crippen molar-refractivity contribution in [2.45, 2.75) is 18.0 Å². The lowest BCUT2D eigenvalue weighted by Gasteiger charge is -2.37. The molecule has 13 heteroatoms. The van der Waals surface area contributed by atoms with E-state index in [1.807, 2.05) is 4.90 Å². The van der Waals surface area contributed by atoms with Crippen LogP contribution < -0.4 is 0 Å². The number of rotatable bonds is 4. The average molecular weight is 497 g/mol. The van der Waals surface area contributed by atoms with Crippen molar-refractivity contribution in [2.75, 3.05) is 58.9 Å². The Morgan fingerprint density at radius 2 is 1.53 bits per heavy atom. The highest BCUT2D eigenvalue weighted by Gasteiger charge is 2.36. The molecule has 3 rings (SSSR count). The van der Waals surface area contributed by atoms with Gasteiger partial charge in [0.1, 0.15) is 0 Å². The van der Waals surface area contributed by atoms with Crippen LogP contribution in [0.2, 0.25) is 5.02 Å². The van der Waals surface area contributed by atoms with E-state index < -0.39 is 31.7 Å². The third kappa shape index (κ3) is 5.53. The number of nitrogens with zero attached hydrogens (tertiary/aromatic N) is 4. The molecular weight excluding hydrogens is 473 g/mol. The third-order valence-electron chi connectivity index (χ3n) is 5.65. The molecule has 178 valence electrons. The molecule has 0 N–H and O–H groups in total. The maximum atomic E-state index is 13.1. The third-order valence-corrected chi connectivity index (χ3v) is 7.87. The highest BCUT2D eigenvalue weighted by molar-refractivity contribution is 7.89. The van der Waals surface area contributed by atoms with Gasteiger partial charge in [0.25, 0.3) is 0 Å². The van der Waals surface area contributed by atoms with Crippen molar-refractivity contribution in [1.29, 1.82) is 0 Å². The number of halogens is 4. The molecule has 0 aromatic heterocycles. The van der Waals surface area contributed by atoms with Gasteiger partial charge in [-0.25, -0.2) is 8.42 Å². The Morgan fingerprint density at radius 1 is 0.969 bits per heavy atom. The minimum absolute atomic E-state index is 0.0301. The van der Waals surface area contributed by atoms with E-state index in [4.69, 9.17) is 11.6 Å². The Morgan fingerprint density at radius 3 is 2.06 bits per heavy atom. The smallest absolute Gasteiger partial charge is 0.339 e. The van der Waals surface area contributed by atoms with Crippen molar-refractivity contribution < 1.29 is 31.2 Å². The van der Waals surface area contributed by atoms with Crippen LogP contribution in [0, 0.1) is 0 Å². The summed E-state index contributed by atoms with van der Waals surface area (Å²) >= 11 is 5.58. The molecule has 0 aliphatic carbocycles. The summed E-state index contributed by atoms with van der Waals surface area (Å²) in [4.78, 5) is 28.6. The lowest BCUT2D eigenvalue weighted by molar-refractivity contribution is -0.139. The average Bonchev–Trinajstić information content (AvgIpc) is 2.73. The number of amides is 2. The van der Waals surface area contributed by atoms with Gasteiger partial charge in [0, 0.05) is 59.3 Å². The van der Waals surface area contributed by atoms with Crippen LogP contribution in [-0.4, -0.2) is 98.1 Å². The Labute approximate surface area is 189 Å². The molecule has 2 fully saturated rings. The molecule has 0 bridgehead atoms. The van der Waals surface area contributed by atoms with E-state index in [2.05, 4.69) is 0 Å². The summed E-state index contributed by atoms with van der Waals surface area (Å²) in [6.45, 7) is 4.12. The lowest BCUT2D eigenvalue weighted by atomic mass is 10.2. The molecule has 0 radical (unpaired) electrons. The summed E-state index contributed by atoms with van der Waals surface area (Å²) in [6.07, 6.45) is -4.77. The monoisotopic (exact) mass is 496 g/mol. The van der Waals surface area contributed by atoms with Gasteiger partial charge in [0.15, 0.2) is 0 Å². The molecule has 2 aliphatic heterocycles. The van der Waals surface area contributed by atoms with E-state index in [0.29, 0.717) is 32.2 Å². The minimum atomic E-state index is -4.77. The Bertz CT molecular complexity index is 973. The molecule has 1 aromatic carbocycles. The number of alkyl halides is 3. The summed E-state index contributed by atoms with van der Waals surface area (Å²) < 4.78 is 66.0. The molecular formula is C19H24ClF3N4O4S. The van der Waals surface area contributed by atoms with Crippen molar-refractivity contribution in [3.8, 4) is 0 Å². The number of carbonyl (C=O) groups is 2. The fourth-order valence-corrected chi connectivity index (χ4v) is 5.39. The zero-order valence-corrected chi connectivity index (χ0v) is 19.0. The van der Waals surface area contributed by atoms with Gasteiger partial charge in [-0.2, -0.15) is 17.5 Å². The Balaban J connectivity index is 1.57. The second-order valence-electron chi connectivity index (χ2n) is 7.71. The first kappa shape index (κ1) is 24.7. The van der Waals surface area contributed by atoms with Gasteiger partial charge in [-0.1, -0.05) is 11.6 Å². The van der Waals surface area contributed by atoms with Crippen LogP contribution in [0.4, 0.5) is 13.2 Å². The zero-order chi connectivity index (χ0) is 23.7. The van der Waals surface area contributed by atoms with E-state index in [9.17, 15) is 31.2 Å². The van der Waals surface area contributed by atoms with Crippen molar-refractivity contribution in [3.05, 3.63) is 28.8 Å². The van der Waals surface area contributed by atoms with Gasteiger partial charge in [-0.15, -0.1) is 0 Å². The largest absolute Gasteiger partial charge is 0.417 e. The first-order valence-electron chi connectivity index (χ1n) is 10.0. The number of hydrogen-bond donors (Lipinski definition) is 0. The van der Waals surface area contributed by atoms with Crippen LogP contribution in [0.15, 0.2) is 23.1 Å². The normalized spacial score (nSPS) is 19.3. The first-order chi connectivity index (χ1) is 14.9. The van der Waals surface area contributed by atoms with E-state index in [1.54, 1.807) is 9.80 Å². The summed E-state index contributed by atoms with van der Waals surface area (Å²) in [5, 5.41) is -0.566. The van der Waals surface area contributed by atoms with Gasteiger partial charge in [0.2, 0.25) is 21.8 Å². The maximum Gasteiger partial charge on any atom is 0.417 e. The first-order valence-corrected chi connectivity index (χ1v) is 11.8. The van der Waals surface area contributed by atoms with Crippen LogP contribution in [0.3, 0.4) is 0 Å². The summed E-state index contributed by atoms with van der Waals surface area (Å²) in [5.41, 5.74) is -1.20. The number of piperazine rings is 2. The van der Waals surface area contributed by atoms with Gasteiger partial charge >= 0.3 is 6.18 Å². The van der Waals surface area contributed by atoms with E-state index in [1.165, 1.54) is 6.92 Å². The van der Waals surface area contributed by atoms with E-state index in [-0.39, 0.29) is 44.5 Å². The van der Waals surface area contributed by atoms with Crippen LogP contribution in [-0.2, 0) is 25.8 Å². The van der Waals surface area contributed by atoms with Crippen LogP contribution in [0.5, 0.6) is 0 Å². The molecule has 2 aliphatic rings. The van der Waals surface area contributed by atoms with Gasteiger partial charge in [0.05, 0.1) is 22.0 Å². The molecule has 0 atom stereocenters. The predicted octanol–water partition coefficient (Wildman–Crippen LogP) is 1.36. The van der Waals surface area contributed by atoms with Crippen LogP contribution in [0.1, 0.15) is 12.5 Å². The number of benzene rings is 1. The zero-order valence-electron chi connectivity index (χ0n) is 17.4. The summed E-state index contributed by atoms with van der Waals surface area (Å²) in [5.74, 6) is -0.130. The van der Waals surface area contributed by atoms with Crippen LogP contribution in [0.25, 0.3) is 0 Å². The molecule has 8 nitrogen and oxygen atoms in total. The van der Waals surface area contributed by atoms with E-state index in [0.717, 1.165) is 16.4 Å². The van der Waals surface area contributed by atoms with Gasteiger partial charge in [-0.05, 0) is 18.2 Å². The second-order valence-corrected chi connectivity index (χ2v) is 10.1. The van der Waals surface area contributed by atoms with E-state index >= 15 is 0 Å². The standard InChI is InChI=1S/C19H24ClF3N4O4S/c1-14(28)25-6-8-26(9-7-25)18(29)13-24-4-10-27(11-5-24)32(30,31)15-2-3-17(20)16(12-15)19(21,22)23/h2-3,12H,4-11,13H2,1H3. The second kappa shape index (κ2) is 9.54. The highest BCUT2D eigenvalue weighted by Crippen LogP contribution is 2.36. The van der Waals surface area contributed by atoms with Crippen LogP contribution >= 0.6 is 11.6 Å². The van der Waals surface area contributed by atoms with Crippen molar-refractivity contribution in [2.24, 2.45) is 0 Å².